The molecule has 8 nitrogen and oxygen atoms in total. The summed E-state index contributed by atoms with van der Waals surface area (Å²) in [4.78, 5) is 32.0. The number of hydrogen-bond donors (Lipinski definition) is 1. The minimum Gasteiger partial charge on any atom is -0.339 e. The minimum atomic E-state index is -1.64. The molecule has 0 radical (unpaired) electrons. The lowest BCUT2D eigenvalue weighted by Gasteiger charge is -2.41. The summed E-state index contributed by atoms with van der Waals surface area (Å²) in [5.41, 5.74) is 6.72. The van der Waals surface area contributed by atoms with Crippen LogP contribution in [0.25, 0.3) is 28.2 Å². The summed E-state index contributed by atoms with van der Waals surface area (Å²) >= 11 is -1.64. The molecule has 1 unspecified atom stereocenters. The molecule has 10 heteroatoms. The van der Waals surface area contributed by atoms with Gasteiger partial charge in [-0.05, 0) is 73.8 Å². The average Bonchev–Trinajstić information content (AvgIpc) is 3.30. The van der Waals surface area contributed by atoms with Crippen LogP contribution >= 0.6 is 0 Å². The van der Waals surface area contributed by atoms with Crippen molar-refractivity contribution in [2.75, 3.05) is 40.3 Å². The number of benzene rings is 2. The number of halogens is 1. The van der Waals surface area contributed by atoms with Gasteiger partial charge < -0.3 is 14.4 Å². The third kappa shape index (κ3) is 6.44. The van der Waals surface area contributed by atoms with E-state index in [1.807, 2.05) is 23.1 Å². The molecule has 250 valence electrons. The molecule has 1 N–H and O–H groups in total. The van der Waals surface area contributed by atoms with Crippen LogP contribution in [-0.2, 0) is 22.5 Å². The highest BCUT2D eigenvalue weighted by atomic mass is 32.2. The SMILES string of the molecule is CN(C)S(=O)NC(=O)c1ccc2c(C3CCCCC3)c3n(c2c1)CC(C(=O)N1CCC(N2CCC(F)CC2)CC1)=Cc1ccccc1-3. The van der Waals surface area contributed by atoms with Gasteiger partial charge in [0, 0.05) is 73.9 Å². The number of alkyl halides is 1. The Bertz CT molecular complexity index is 1710. The van der Waals surface area contributed by atoms with Crippen LogP contribution in [0.1, 0.15) is 85.2 Å². The lowest BCUT2D eigenvalue weighted by atomic mass is 9.81. The van der Waals surface area contributed by atoms with Gasteiger partial charge in [0.1, 0.15) is 6.17 Å². The highest BCUT2D eigenvalue weighted by molar-refractivity contribution is 7.81. The Balaban J connectivity index is 1.25. The fraction of sp³-hybridized carbons (Fsp3) is 0.514. The van der Waals surface area contributed by atoms with Crippen LogP contribution in [0.4, 0.5) is 4.39 Å². The maximum absolute atomic E-state index is 14.3. The molecule has 3 fully saturated rings. The van der Waals surface area contributed by atoms with Gasteiger partial charge in [0.2, 0.25) is 0 Å². The van der Waals surface area contributed by atoms with Crippen molar-refractivity contribution in [3.63, 3.8) is 0 Å². The maximum Gasteiger partial charge on any atom is 0.264 e. The predicted octanol–water partition coefficient (Wildman–Crippen LogP) is 6.05. The zero-order valence-corrected chi connectivity index (χ0v) is 28.4. The average molecular weight is 660 g/mol. The number of amides is 2. The Labute approximate surface area is 279 Å². The topological polar surface area (TPSA) is 77.9 Å². The molecule has 4 heterocycles. The summed E-state index contributed by atoms with van der Waals surface area (Å²) in [5.74, 6) is 0.0632. The van der Waals surface area contributed by atoms with E-state index in [9.17, 15) is 18.2 Å². The number of carbonyl (C=O) groups is 2. The number of hydrogen-bond acceptors (Lipinski definition) is 4. The van der Waals surface area contributed by atoms with Crippen LogP contribution in [0.15, 0.2) is 48.0 Å². The van der Waals surface area contributed by atoms with E-state index >= 15 is 0 Å². The molecular weight excluding hydrogens is 614 g/mol. The van der Waals surface area contributed by atoms with Gasteiger partial charge in [0.15, 0.2) is 11.2 Å². The quantitative estimate of drug-likeness (QED) is 0.350. The number of likely N-dealkylation sites (tertiary alicyclic amines) is 2. The van der Waals surface area contributed by atoms with Crippen molar-refractivity contribution >= 4 is 40.0 Å². The number of nitrogens with zero attached hydrogens (tertiary/aromatic N) is 4. The van der Waals surface area contributed by atoms with Crippen LogP contribution in [0, 0.1) is 0 Å². The van der Waals surface area contributed by atoms with E-state index in [2.05, 4.69) is 44.5 Å². The van der Waals surface area contributed by atoms with Crippen LogP contribution in [-0.4, -0.2) is 87.2 Å². The normalized spacial score (nSPS) is 20.9. The largest absolute Gasteiger partial charge is 0.339 e. The van der Waals surface area contributed by atoms with E-state index in [1.165, 1.54) is 29.1 Å². The van der Waals surface area contributed by atoms with Crippen molar-refractivity contribution in [3.8, 4) is 11.3 Å². The molecule has 0 bridgehead atoms. The summed E-state index contributed by atoms with van der Waals surface area (Å²) in [6, 6.07) is 14.6. The number of carbonyl (C=O) groups excluding carboxylic acids is 2. The summed E-state index contributed by atoms with van der Waals surface area (Å²) < 4.78 is 32.5. The highest BCUT2D eigenvalue weighted by Crippen LogP contribution is 2.46. The molecule has 2 aromatic carbocycles. The van der Waals surface area contributed by atoms with Crippen LogP contribution < -0.4 is 4.72 Å². The second kappa shape index (κ2) is 13.6. The first-order chi connectivity index (χ1) is 22.8. The number of nitrogens with one attached hydrogen (secondary N) is 1. The molecule has 1 aliphatic carbocycles. The Kier molecular flexibility index (Phi) is 9.35. The van der Waals surface area contributed by atoms with Crippen molar-refractivity contribution in [2.45, 2.75) is 82.5 Å². The van der Waals surface area contributed by atoms with E-state index in [0.29, 0.717) is 50.0 Å². The molecule has 0 spiro atoms. The molecular formula is C37H46FN5O3S. The predicted molar refractivity (Wildman–Crippen MR) is 186 cm³/mol. The standard InChI is InChI=1S/C37H46FN5O3S/c1-40(2)47(46)39-36(44)27-12-13-32-33(23-27)43-24-28(37(45)42-20-16-30(17-21-42)41-18-14-29(38)15-19-41)22-26-10-6-7-11-31(26)35(43)34(32)25-8-4-3-5-9-25/h6-7,10-13,22-23,25,29-30H,3-5,8-9,14-21,24H2,1-2H3,(H,39,44). The summed E-state index contributed by atoms with van der Waals surface area (Å²) in [6.07, 6.45) is 10.3. The van der Waals surface area contributed by atoms with Gasteiger partial charge in [-0.2, -0.15) is 0 Å². The molecule has 1 aromatic heterocycles. The lowest BCUT2D eigenvalue weighted by molar-refractivity contribution is -0.128. The molecule has 1 atom stereocenters. The molecule has 2 amide bonds. The monoisotopic (exact) mass is 659 g/mol. The summed E-state index contributed by atoms with van der Waals surface area (Å²) in [5, 5.41) is 1.12. The first-order valence-electron chi connectivity index (χ1n) is 17.3. The van der Waals surface area contributed by atoms with Crippen LogP contribution in [0.2, 0.25) is 0 Å². The van der Waals surface area contributed by atoms with Crippen molar-refractivity contribution in [3.05, 3.63) is 64.7 Å². The second-order valence-electron chi connectivity index (χ2n) is 13.9. The lowest BCUT2D eigenvalue weighted by Crippen LogP contribution is -2.49. The number of aromatic nitrogens is 1. The Morgan fingerprint density at radius 2 is 1.64 bits per heavy atom. The zero-order valence-electron chi connectivity index (χ0n) is 27.6. The van der Waals surface area contributed by atoms with Crippen LogP contribution in [0.5, 0.6) is 0 Å². The van der Waals surface area contributed by atoms with Crippen molar-refractivity contribution in [1.82, 2.24) is 23.4 Å². The van der Waals surface area contributed by atoms with Gasteiger partial charge in [-0.25, -0.2) is 12.9 Å². The first kappa shape index (κ1) is 32.2. The molecule has 47 heavy (non-hydrogen) atoms. The fourth-order valence-corrected chi connectivity index (χ4v) is 8.71. The molecule has 3 aliphatic heterocycles. The van der Waals surface area contributed by atoms with E-state index in [4.69, 9.17) is 0 Å². The third-order valence-corrected chi connectivity index (χ3v) is 11.8. The first-order valence-corrected chi connectivity index (χ1v) is 18.4. The van der Waals surface area contributed by atoms with E-state index in [-0.39, 0.29) is 5.91 Å². The third-order valence-electron chi connectivity index (χ3n) is 10.8. The maximum atomic E-state index is 14.3. The highest BCUT2D eigenvalue weighted by Gasteiger charge is 2.34. The Morgan fingerprint density at radius 1 is 0.915 bits per heavy atom. The van der Waals surface area contributed by atoms with Crippen molar-refractivity contribution in [1.29, 1.82) is 0 Å². The molecule has 4 aliphatic rings. The van der Waals surface area contributed by atoms with Gasteiger partial charge in [-0.1, -0.05) is 49.6 Å². The van der Waals surface area contributed by atoms with Gasteiger partial charge in [-0.3, -0.25) is 14.3 Å². The smallest absolute Gasteiger partial charge is 0.264 e. The second-order valence-corrected chi connectivity index (χ2v) is 15.3. The van der Waals surface area contributed by atoms with E-state index in [1.54, 1.807) is 14.1 Å². The fourth-order valence-electron chi connectivity index (χ4n) is 8.25. The molecule has 2 saturated heterocycles. The van der Waals surface area contributed by atoms with Gasteiger partial charge >= 0.3 is 0 Å². The van der Waals surface area contributed by atoms with Crippen molar-refractivity contribution < 1.29 is 18.2 Å². The van der Waals surface area contributed by atoms with E-state index in [0.717, 1.165) is 72.1 Å². The number of piperidine rings is 2. The zero-order chi connectivity index (χ0) is 32.7. The number of fused-ring (bicyclic) bond motifs is 5. The Hall–Kier alpha value is -3.34. The van der Waals surface area contributed by atoms with Crippen molar-refractivity contribution in [2.24, 2.45) is 0 Å². The summed E-state index contributed by atoms with van der Waals surface area (Å²) in [6.45, 7) is 3.40. The molecule has 7 rings (SSSR count). The van der Waals surface area contributed by atoms with Gasteiger partial charge in [0.25, 0.3) is 11.8 Å². The summed E-state index contributed by atoms with van der Waals surface area (Å²) in [7, 11) is 3.31. The van der Waals surface area contributed by atoms with Gasteiger partial charge in [0.05, 0.1) is 12.2 Å². The molecule has 3 aromatic rings. The molecule has 1 saturated carbocycles. The van der Waals surface area contributed by atoms with Crippen LogP contribution in [0.3, 0.4) is 0 Å². The van der Waals surface area contributed by atoms with E-state index < -0.39 is 23.3 Å². The Morgan fingerprint density at radius 3 is 2.36 bits per heavy atom. The minimum absolute atomic E-state index is 0.0601. The number of rotatable bonds is 6. The van der Waals surface area contributed by atoms with Gasteiger partial charge in [-0.15, -0.1) is 0 Å².